The van der Waals surface area contributed by atoms with Crippen molar-refractivity contribution in [2.24, 2.45) is 5.92 Å². The van der Waals surface area contributed by atoms with Gasteiger partial charge in [0, 0.05) is 31.7 Å². The Morgan fingerprint density at radius 3 is 2.61 bits per heavy atom. The molecule has 0 bridgehead atoms. The lowest BCUT2D eigenvalue weighted by Gasteiger charge is -2.18. The summed E-state index contributed by atoms with van der Waals surface area (Å²) >= 11 is 0. The van der Waals surface area contributed by atoms with Gasteiger partial charge in [0.1, 0.15) is 16.5 Å². The molecule has 1 aliphatic heterocycles. The fourth-order valence-electron chi connectivity index (χ4n) is 3.76. The number of benzene rings is 2. The number of rotatable bonds is 7. The smallest absolute Gasteiger partial charge is 0.247 e. The van der Waals surface area contributed by atoms with Gasteiger partial charge < -0.3 is 13.9 Å². The van der Waals surface area contributed by atoms with E-state index in [9.17, 15) is 12.8 Å². The molecule has 3 aromatic rings. The molecular formula is C21H22FN3O5S. The number of halogens is 1. The van der Waals surface area contributed by atoms with Crippen molar-refractivity contribution < 1.29 is 26.7 Å². The minimum Gasteiger partial charge on any atom is -0.495 e. The second-order valence-corrected chi connectivity index (χ2v) is 9.16. The first-order valence-electron chi connectivity index (χ1n) is 9.65. The minimum atomic E-state index is -4.02. The molecule has 0 saturated carbocycles. The number of aromatic nitrogens is 2. The molecule has 1 fully saturated rings. The predicted octanol–water partition coefficient (Wildman–Crippen LogP) is 2.94. The fourth-order valence-corrected chi connectivity index (χ4v) is 5.45. The van der Waals surface area contributed by atoms with Gasteiger partial charge in [-0.1, -0.05) is 18.2 Å². The fraction of sp³-hybridized carbons (Fsp3) is 0.333. The van der Waals surface area contributed by atoms with Gasteiger partial charge in [0.2, 0.25) is 21.8 Å². The van der Waals surface area contributed by atoms with Crippen LogP contribution in [0.5, 0.6) is 5.75 Å². The number of hydrogen-bond donors (Lipinski definition) is 0. The zero-order chi connectivity index (χ0) is 22.0. The molecule has 0 aliphatic carbocycles. The minimum absolute atomic E-state index is 0.0808. The maximum atomic E-state index is 13.8. The Kier molecular flexibility index (Phi) is 6.03. The first kappa shape index (κ1) is 21.4. The van der Waals surface area contributed by atoms with Crippen LogP contribution in [-0.2, 0) is 14.8 Å². The quantitative estimate of drug-likeness (QED) is 0.550. The molecule has 0 amide bonds. The Labute approximate surface area is 179 Å². The monoisotopic (exact) mass is 447 g/mol. The van der Waals surface area contributed by atoms with Crippen LogP contribution in [0.3, 0.4) is 0 Å². The second kappa shape index (κ2) is 8.74. The molecular weight excluding hydrogens is 425 g/mol. The molecule has 31 heavy (non-hydrogen) atoms. The van der Waals surface area contributed by atoms with Crippen LogP contribution in [0.2, 0.25) is 0 Å². The van der Waals surface area contributed by atoms with E-state index in [1.165, 1.54) is 17.5 Å². The number of nitrogens with zero attached hydrogens (tertiary/aromatic N) is 3. The van der Waals surface area contributed by atoms with Crippen molar-refractivity contribution in [2.45, 2.75) is 10.8 Å². The highest BCUT2D eigenvalue weighted by Crippen LogP contribution is 2.38. The average Bonchev–Trinajstić information content (AvgIpc) is 3.42. The molecule has 2 aromatic carbocycles. The normalized spacial score (nSPS) is 19.6. The summed E-state index contributed by atoms with van der Waals surface area (Å²) in [5.41, 5.74) is 0.775. The lowest BCUT2D eigenvalue weighted by Crippen LogP contribution is -2.30. The van der Waals surface area contributed by atoms with E-state index in [0.717, 1.165) is 17.7 Å². The number of methoxy groups -OCH3 is 2. The van der Waals surface area contributed by atoms with Crippen molar-refractivity contribution >= 4 is 10.0 Å². The first-order valence-corrected chi connectivity index (χ1v) is 11.1. The van der Waals surface area contributed by atoms with Gasteiger partial charge >= 0.3 is 0 Å². The van der Waals surface area contributed by atoms with Gasteiger partial charge in [0.25, 0.3) is 0 Å². The molecule has 0 N–H and O–H groups in total. The Bertz CT molecular complexity index is 1150. The van der Waals surface area contributed by atoms with Gasteiger partial charge in [0.15, 0.2) is 0 Å². The SMILES string of the molecule is COC[C@@H]1CN(S(=O)(=O)c2cc(F)ccc2OC)C[C@H]1c1nnc(-c2ccccc2)o1. The van der Waals surface area contributed by atoms with Crippen molar-refractivity contribution in [2.75, 3.05) is 33.9 Å². The molecule has 8 nitrogen and oxygen atoms in total. The standard InChI is InChI=1S/C21H22FN3O5S/c1-28-13-15-11-25(31(26,27)19-10-16(22)8-9-18(19)29-2)12-17(15)21-24-23-20(30-21)14-6-4-3-5-7-14/h3-10,15,17H,11-13H2,1-2H3/t15-,17+/m0/s1. The summed E-state index contributed by atoms with van der Waals surface area (Å²) in [6.45, 7) is 0.579. The summed E-state index contributed by atoms with van der Waals surface area (Å²) < 4.78 is 58.0. The molecule has 164 valence electrons. The third-order valence-electron chi connectivity index (χ3n) is 5.31. The number of sulfonamides is 1. The van der Waals surface area contributed by atoms with E-state index in [0.29, 0.717) is 18.4 Å². The molecule has 1 aromatic heterocycles. The topological polar surface area (TPSA) is 94.8 Å². The Balaban J connectivity index is 1.65. The Morgan fingerprint density at radius 2 is 1.90 bits per heavy atom. The van der Waals surface area contributed by atoms with Crippen LogP contribution in [0.25, 0.3) is 11.5 Å². The Morgan fingerprint density at radius 1 is 1.13 bits per heavy atom. The van der Waals surface area contributed by atoms with Gasteiger partial charge in [-0.05, 0) is 30.3 Å². The van der Waals surface area contributed by atoms with Crippen LogP contribution in [-0.4, -0.2) is 56.8 Å². The van der Waals surface area contributed by atoms with Gasteiger partial charge in [-0.15, -0.1) is 10.2 Å². The summed E-state index contributed by atoms with van der Waals surface area (Å²) in [4.78, 5) is -0.220. The second-order valence-electron chi connectivity index (χ2n) is 7.25. The highest BCUT2D eigenvalue weighted by atomic mass is 32.2. The third-order valence-corrected chi connectivity index (χ3v) is 7.16. The zero-order valence-electron chi connectivity index (χ0n) is 17.1. The van der Waals surface area contributed by atoms with Crippen molar-refractivity contribution in [3.05, 3.63) is 60.2 Å². The number of ether oxygens (including phenoxy) is 2. The summed E-state index contributed by atoms with van der Waals surface area (Å²) in [7, 11) is -1.13. The van der Waals surface area contributed by atoms with E-state index in [-0.39, 0.29) is 35.6 Å². The third kappa shape index (κ3) is 4.18. The van der Waals surface area contributed by atoms with Gasteiger partial charge in [-0.3, -0.25) is 0 Å². The van der Waals surface area contributed by atoms with Gasteiger partial charge in [-0.2, -0.15) is 4.31 Å². The summed E-state index contributed by atoms with van der Waals surface area (Å²) in [5, 5.41) is 8.28. The maximum absolute atomic E-state index is 13.8. The van der Waals surface area contributed by atoms with Crippen LogP contribution in [0.1, 0.15) is 11.8 Å². The van der Waals surface area contributed by atoms with E-state index in [4.69, 9.17) is 13.9 Å². The molecule has 0 spiro atoms. The number of hydrogen-bond acceptors (Lipinski definition) is 7. The molecule has 1 saturated heterocycles. The summed E-state index contributed by atoms with van der Waals surface area (Å²) in [6.07, 6.45) is 0. The van der Waals surface area contributed by atoms with Crippen molar-refractivity contribution in [3.8, 4) is 17.2 Å². The van der Waals surface area contributed by atoms with Crippen LogP contribution < -0.4 is 4.74 Å². The van der Waals surface area contributed by atoms with Gasteiger partial charge in [-0.25, -0.2) is 12.8 Å². The highest BCUT2D eigenvalue weighted by molar-refractivity contribution is 7.89. The largest absolute Gasteiger partial charge is 0.495 e. The maximum Gasteiger partial charge on any atom is 0.247 e. The molecule has 4 rings (SSSR count). The van der Waals surface area contributed by atoms with E-state index < -0.39 is 15.8 Å². The van der Waals surface area contributed by atoms with Crippen molar-refractivity contribution in [1.29, 1.82) is 0 Å². The zero-order valence-corrected chi connectivity index (χ0v) is 17.9. The summed E-state index contributed by atoms with van der Waals surface area (Å²) in [5.74, 6) is -0.447. The first-order chi connectivity index (χ1) is 14.9. The van der Waals surface area contributed by atoms with Crippen LogP contribution in [0.4, 0.5) is 4.39 Å². The Hall–Kier alpha value is -2.82. The molecule has 2 atom stereocenters. The average molecular weight is 447 g/mol. The lowest BCUT2D eigenvalue weighted by molar-refractivity contribution is 0.147. The highest BCUT2D eigenvalue weighted by Gasteiger charge is 2.43. The molecule has 1 aliphatic rings. The van der Waals surface area contributed by atoms with Crippen LogP contribution in [0.15, 0.2) is 57.8 Å². The lowest BCUT2D eigenvalue weighted by atomic mass is 9.97. The molecule has 0 radical (unpaired) electrons. The van der Waals surface area contributed by atoms with E-state index in [2.05, 4.69) is 10.2 Å². The molecule has 2 heterocycles. The van der Waals surface area contributed by atoms with E-state index in [1.54, 1.807) is 7.11 Å². The van der Waals surface area contributed by atoms with Crippen molar-refractivity contribution in [3.63, 3.8) is 0 Å². The van der Waals surface area contributed by atoms with Crippen LogP contribution in [0, 0.1) is 11.7 Å². The van der Waals surface area contributed by atoms with Gasteiger partial charge in [0.05, 0.1) is 19.6 Å². The van der Waals surface area contributed by atoms with E-state index >= 15 is 0 Å². The summed E-state index contributed by atoms with van der Waals surface area (Å²) in [6, 6.07) is 12.7. The van der Waals surface area contributed by atoms with Crippen molar-refractivity contribution in [1.82, 2.24) is 14.5 Å². The van der Waals surface area contributed by atoms with Crippen LogP contribution >= 0.6 is 0 Å². The molecule has 10 heteroatoms. The molecule has 0 unspecified atom stereocenters. The van der Waals surface area contributed by atoms with E-state index in [1.807, 2.05) is 30.3 Å². The predicted molar refractivity (Wildman–Crippen MR) is 110 cm³/mol.